The molecule has 1 aliphatic rings. The molecule has 2 atom stereocenters. The highest BCUT2D eigenvalue weighted by molar-refractivity contribution is 5.79. The maximum atomic E-state index is 12.4. The standard InChI is InChI=1S/C15H22N2O/c1-11(12(2)16)15(18)17(14-8-9-14)10-13-6-4-3-5-7-13/h3-7,11-12,14H,8-10,16H2,1-2H3. The van der Waals surface area contributed by atoms with Crippen molar-refractivity contribution >= 4 is 5.91 Å². The van der Waals surface area contributed by atoms with Crippen LogP contribution in [0.1, 0.15) is 32.3 Å². The lowest BCUT2D eigenvalue weighted by Gasteiger charge is -2.27. The molecule has 0 aromatic heterocycles. The van der Waals surface area contributed by atoms with E-state index in [1.54, 1.807) is 0 Å². The molecule has 2 unspecified atom stereocenters. The summed E-state index contributed by atoms with van der Waals surface area (Å²) in [6, 6.07) is 10.5. The normalized spacial score (nSPS) is 18.2. The molecule has 1 saturated carbocycles. The number of hydrogen-bond acceptors (Lipinski definition) is 2. The zero-order chi connectivity index (χ0) is 13.1. The van der Waals surface area contributed by atoms with Crippen LogP contribution in [0.3, 0.4) is 0 Å². The van der Waals surface area contributed by atoms with E-state index in [1.807, 2.05) is 36.9 Å². The van der Waals surface area contributed by atoms with E-state index in [0.717, 1.165) is 12.8 Å². The fourth-order valence-electron chi connectivity index (χ4n) is 2.04. The summed E-state index contributed by atoms with van der Waals surface area (Å²) in [5, 5.41) is 0. The van der Waals surface area contributed by atoms with Gasteiger partial charge in [0, 0.05) is 18.6 Å². The van der Waals surface area contributed by atoms with Crippen molar-refractivity contribution < 1.29 is 4.79 Å². The minimum atomic E-state index is -0.102. The third kappa shape index (κ3) is 3.10. The van der Waals surface area contributed by atoms with Gasteiger partial charge >= 0.3 is 0 Å². The first-order valence-electron chi connectivity index (χ1n) is 6.69. The Kier molecular flexibility index (Phi) is 4.02. The topological polar surface area (TPSA) is 46.3 Å². The summed E-state index contributed by atoms with van der Waals surface area (Å²) in [5.41, 5.74) is 7.03. The Bertz CT molecular complexity index is 398. The molecule has 2 rings (SSSR count). The van der Waals surface area contributed by atoms with Gasteiger partial charge < -0.3 is 10.6 Å². The van der Waals surface area contributed by atoms with Crippen LogP contribution >= 0.6 is 0 Å². The predicted molar refractivity (Wildman–Crippen MR) is 72.8 cm³/mol. The smallest absolute Gasteiger partial charge is 0.227 e. The molecule has 1 aliphatic carbocycles. The Balaban J connectivity index is 2.07. The molecule has 1 aromatic rings. The third-order valence-electron chi connectivity index (χ3n) is 3.64. The molecule has 0 bridgehead atoms. The Morgan fingerprint density at radius 2 is 1.94 bits per heavy atom. The van der Waals surface area contributed by atoms with Gasteiger partial charge in [0.05, 0.1) is 5.92 Å². The quantitative estimate of drug-likeness (QED) is 0.865. The highest BCUT2D eigenvalue weighted by Gasteiger charge is 2.35. The number of carbonyl (C=O) groups excluding carboxylic acids is 1. The Morgan fingerprint density at radius 1 is 1.33 bits per heavy atom. The van der Waals surface area contributed by atoms with Crippen LogP contribution in [0.4, 0.5) is 0 Å². The second-order valence-corrected chi connectivity index (χ2v) is 5.33. The first kappa shape index (κ1) is 13.1. The molecule has 0 heterocycles. The average molecular weight is 246 g/mol. The van der Waals surface area contributed by atoms with Crippen molar-refractivity contribution in [3.8, 4) is 0 Å². The molecule has 0 aliphatic heterocycles. The zero-order valence-electron chi connectivity index (χ0n) is 11.2. The fourth-order valence-corrected chi connectivity index (χ4v) is 2.04. The van der Waals surface area contributed by atoms with E-state index < -0.39 is 0 Å². The van der Waals surface area contributed by atoms with Crippen molar-refractivity contribution in [1.29, 1.82) is 0 Å². The van der Waals surface area contributed by atoms with Crippen LogP contribution < -0.4 is 5.73 Å². The molecule has 0 spiro atoms. The van der Waals surface area contributed by atoms with Crippen LogP contribution in [0.25, 0.3) is 0 Å². The molecule has 1 amide bonds. The lowest BCUT2D eigenvalue weighted by Crippen LogP contribution is -2.42. The number of carbonyl (C=O) groups is 1. The lowest BCUT2D eigenvalue weighted by atomic mass is 10.0. The molecule has 1 aromatic carbocycles. The minimum Gasteiger partial charge on any atom is -0.335 e. The Hall–Kier alpha value is -1.35. The Morgan fingerprint density at radius 3 is 2.44 bits per heavy atom. The molecule has 2 N–H and O–H groups in total. The van der Waals surface area contributed by atoms with Crippen LogP contribution in [0.15, 0.2) is 30.3 Å². The van der Waals surface area contributed by atoms with E-state index in [1.165, 1.54) is 5.56 Å². The SMILES string of the molecule is CC(N)C(C)C(=O)N(Cc1ccccc1)C1CC1. The minimum absolute atomic E-state index is 0.0884. The first-order valence-corrected chi connectivity index (χ1v) is 6.69. The van der Waals surface area contributed by atoms with E-state index in [2.05, 4.69) is 12.1 Å². The molecular formula is C15H22N2O. The van der Waals surface area contributed by atoms with Crippen LogP contribution in [-0.2, 0) is 11.3 Å². The summed E-state index contributed by atoms with van der Waals surface area (Å²) >= 11 is 0. The number of rotatable bonds is 5. The molecular weight excluding hydrogens is 224 g/mol. The van der Waals surface area contributed by atoms with E-state index in [9.17, 15) is 4.79 Å². The van der Waals surface area contributed by atoms with E-state index >= 15 is 0 Å². The van der Waals surface area contributed by atoms with Crippen molar-refractivity contribution in [3.05, 3.63) is 35.9 Å². The van der Waals surface area contributed by atoms with Crippen LogP contribution in [0.5, 0.6) is 0 Å². The molecule has 0 saturated heterocycles. The van der Waals surface area contributed by atoms with Gasteiger partial charge in [0.15, 0.2) is 0 Å². The van der Waals surface area contributed by atoms with Crippen molar-refractivity contribution in [2.45, 2.75) is 45.3 Å². The number of hydrogen-bond donors (Lipinski definition) is 1. The summed E-state index contributed by atoms with van der Waals surface area (Å²) in [6.45, 7) is 4.53. The molecule has 0 radical (unpaired) electrons. The van der Waals surface area contributed by atoms with Crippen LogP contribution in [0.2, 0.25) is 0 Å². The average Bonchev–Trinajstić information content (AvgIpc) is 3.19. The van der Waals surface area contributed by atoms with Crippen LogP contribution in [-0.4, -0.2) is 22.9 Å². The summed E-state index contributed by atoms with van der Waals surface area (Å²) < 4.78 is 0. The van der Waals surface area contributed by atoms with Crippen LogP contribution in [0, 0.1) is 5.92 Å². The molecule has 3 heteroatoms. The van der Waals surface area contributed by atoms with Gasteiger partial charge in [0.1, 0.15) is 0 Å². The predicted octanol–water partition coefficient (Wildman–Crippen LogP) is 2.16. The summed E-state index contributed by atoms with van der Waals surface area (Å²) in [6.07, 6.45) is 2.26. The third-order valence-corrected chi connectivity index (χ3v) is 3.64. The van der Waals surface area contributed by atoms with Gasteiger partial charge in [0.25, 0.3) is 0 Å². The van der Waals surface area contributed by atoms with Crippen molar-refractivity contribution in [3.63, 3.8) is 0 Å². The van der Waals surface area contributed by atoms with Gasteiger partial charge in [-0.2, -0.15) is 0 Å². The number of nitrogens with two attached hydrogens (primary N) is 1. The van der Waals surface area contributed by atoms with Crippen molar-refractivity contribution in [2.24, 2.45) is 11.7 Å². The van der Waals surface area contributed by atoms with E-state index in [0.29, 0.717) is 12.6 Å². The second kappa shape index (κ2) is 5.53. The molecule has 1 fully saturated rings. The van der Waals surface area contributed by atoms with Gasteiger partial charge in [0.2, 0.25) is 5.91 Å². The van der Waals surface area contributed by atoms with Gasteiger partial charge in [-0.05, 0) is 25.3 Å². The Labute approximate surface area is 109 Å². The summed E-state index contributed by atoms with van der Waals surface area (Å²) in [5.74, 6) is 0.0886. The van der Waals surface area contributed by atoms with Gasteiger partial charge in [-0.3, -0.25) is 4.79 Å². The maximum absolute atomic E-state index is 12.4. The summed E-state index contributed by atoms with van der Waals surface area (Å²) in [7, 11) is 0. The largest absolute Gasteiger partial charge is 0.335 e. The number of amides is 1. The summed E-state index contributed by atoms with van der Waals surface area (Å²) in [4.78, 5) is 14.4. The van der Waals surface area contributed by atoms with Gasteiger partial charge in [-0.25, -0.2) is 0 Å². The van der Waals surface area contributed by atoms with Crippen molar-refractivity contribution in [1.82, 2.24) is 4.90 Å². The first-order chi connectivity index (χ1) is 8.59. The molecule has 98 valence electrons. The highest BCUT2D eigenvalue weighted by Crippen LogP contribution is 2.30. The second-order valence-electron chi connectivity index (χ2n) is 5.33. The zero-order valence-corrected chi connectivity index (χ0v) is 11.2. The number of benzene rings is 1. The highest BCUT2D eigenvalue weighted by atomic mass is 16.2. The van der Waals surface area contributed by atoms with Gasteiger partial charge in [-0.1, -0.05) is 37.3 Å². The number of nitrogens with zero attached hydrogens (tertiary/aromatic N) is 1. The van der Waals surface area contributed by atoms with Crippen molar-refractivity contribution in [2.75, 3.05) is 0 Å². The van der Waals surface area contributed by atoms with Gasteiger partial charge in [-0.15, -0.1) is 0 Å². The van der Waals surface area contributed by atoms with E-state index in [-0.39, 0.29) is 17.9 Å². The monoisotopic (exact) mass is 246 g/mol. The maximum Gasteiger partial charge on any atom is 0.227 e. The van der Waals surface area contributed by atoms with E-state index in [4.69, 9.17) is 5.73 Å². The lowest BCUT2D eigenvalue weighted by molar-refractivity contribution is -0.136. The fraction of sp³-hybridized carbons (Fsp3) is 0.533. The molecule has 18 heavy (non-hydrogen) atoms. The molecule has 3 nitrogen and oxygen atoms in total.